The zero-order valence-corrected chi connectivity index (χ0v) is 11.3. The summed E-state index contributed by atoms with van der Waals surface area (Å²) in [5.74, 6) is -0.375. The minimum absolute atomic E-state index is 0.233. The molecule has 2 amide bonds. The lowest BCUT2D eigenvalue weighted by Crippen LogP contribution is -2.49. The van der Waals surface area contributed by atoms with Gasteiger partial charge in [0.25, 0.3) is 0 Å². The minimum atomic E-state index is -0.375. The zero-order valence-electron chi connectivity index (χ0n) is 11.3. The van der Waals surface area contributed by atoms with Crippen molar-refractivity contribution < 1.29 is 14.3 Å². The number of rotatable bonds is 6. The molecule has 102 valence electrons. The molecular formula is C13H22N2O3. The Hall–Kier alpha value is -1.52. The van der Waals surface area contributed by atoms with Gasteiger partial charge in [-0.1, -0.05) is 32.6 Å². The van der Waals surface area contributed by atoms with Gasteiger partial charge in [-0.25, -0.2) is 9.59 Å². The fourth-order valence-corrected chi connectivity index (χ4v) is 2.16. The van der Waals surface area contributed by atoms with E-state index in [1.165, 1.54) is 13.5 Å². The third-order valence-electron chi connectivity index (χ3n) is 3.11. The van der Waals surface area contributed by atoms with Crippen molar-refractivity contribution in [2.75, 3.05) is 7.11 Å². The summed E-state index contributed by atoms with van der Waals surface area (Å²) in [5, 5.41) is 5.39. The van der Waals surface area contributed by atoms with E-state index < -0.39 is 0 Å². The van der Waals surface area contributed by atoms with E-state index in [1.807, 2.05) is 0 Å². The van der Waals surface area contributed by atoms with Crippen LogP contribution in [0, 0.1) is 0 Å². The number of hydrogen-bond acceptors (Lipinski definition) is 3. The van der Waals surface area contributed by atoms with Crippen LogP contribution in [-0.4, -0.2) is 25.2 Å². The van der Waals surface area contributed by atoms with Crippen LogP contribution < -0.4 is 10.6 Å². The van der Waals surface area contributed by atoms with Crippen LogP contribution in [0.5, 0.6) is 0 Å². The van der Waals surface area contributed by atoms with Crippen LogP contribution >= 0.6 is 0 Å². The van der Waals surface area contributed by atoms with Gasteiger partial charge in [-0.3, -0.25) is 0 Å². The third-order valence-corrected chi connectivity index (χ3v) is 3.11. The fraction of sp³-hybridized carbons (Fsp3) is 0.692. The molecule has 0 aromatic carbocycles. The Morgan fingerprint density at radius 2 is 2.06 bits per heavy atom. The first-order valence-corrected chi connectivity index (χ1v) is 6.46. The molecule has 0 aromatic rings. The van der Waals surface area contributed by atoms with Crippen molar-refractivity contribution in [3.05, 3.63) is 11.3 Å². The third kappa shape index (κ3) is 3.75. The second kappa shape index (κ2) is 7.03. The van der Waals surface area contributed by atoms with E-state index in [2.05, 4.69) is 17.6 Å². The van der Waals surface area contributed by atoms with Gasteiger partial charge in [0.1, 0.15) is 0 Å². The Bertz CT molecular complexity index is 350. The van der Waals surface area contributed by atoms with E-state index in [-0.39, 0.29) is 18.0 Å². The Morgan fingerprint density at radius 1 is 1.33 bits per heavy atom. The maximum Gasteiger partial charge on any atom is 0.337 e. The van der Waals surface area contributed by atoms with Crippen molar-refractivity contribution >= 4 is 12.0 Å². The highest BCUT2D eigenvalue weighted by atomic mass is 16.5. The molecule has 0 bridgehead atoms. The molecule has 0 fully saturated rings. The molecule has 0 spiro atoms. The predicted molar refractivity (Wildman–Crippen MR) is 68.9 cm³/mol. The molecule has 0 saturated carbocycles. The first-order chi connectivity index (χ1) is 8.60. The lowest BCUT2D eigenvalue weighted by Gasteiger charge is -2.27. The highest BCUT2D eigenvalue weighted by molar-refractivity contribution is 5.94. The number of amides is 2. The average molecular weight is 254 g/mol. The fourth-order valence-electron chi connectivity index (χ4n) is 2.16. The molecular weight excluding hydrogens is 232 g/mol. The molecule has 1 atom stereocenters. The van der Waals surface area contributed by atoms with E-state index in [0.717, 1.165) is 25.7 Å². The van der Waals surface area contributed by atoms with Gasteiger partial charge in [-0.2, -0.15) is 0 Å². The second-order valence-corrected chi connectivity index (χ2v) is 4.53. The van der Waals surface area contributed by atoms with E-state index in [4.69, 9.17) is 4.74 Å². The van der Waals surface area contributed by atoms with Crippen LogP contribution in [0.25, 0.3) is 0 Å². The van der Waals surface area contributed by atoms with Crippen molar-refractivity contribution in [3.63, 3.8) is 0 Å². The van der Waals surface area contributed by atoms with Crippen LogP contribution in [0.4, 0.5) is 4.79 Å². The van der Waals surface area contributed by atoms with Gasteiger partial charge in [0.05, 0.1) is 18.7 Å². The largest absolute Gasteiger partial charge is 0.466 e. The molecule has 1 heterocycles. The molecule has 0 radical (unpaired) electrons. The summed E-state index contributed by atoms with van der Waals surface area (Å²) in [4.78, 5) is 23.1. The maximum absolute atomic E-state index is 11.7. The predicted octanol–water partition coefficient (Wildman–Crippen LogP) is 2.09. The lowest BCUT2D eigenvalue weighted by atomic mass is 9.97. The monoisotopic (exact) mass is 254 g/mol. The number of urea groups is 1. The average Bonchev–Trinajstić information content (AvgIpc) is 2.33. The number of carbonyl (C=O) groups is 2. The van der Waals surface area contributed by atoms with Gasteiger partial charge in [0.15, 0.2) is 0 Å². The number of esters is 1. The molecule has 18 heavy (non-hydrogen) atoms. The SMILES string of the molecule is CCCCCC[C@@H]1NC(=O)NC(C)=C1C(=O)OC. The standard InChI is InChI=1S/C13H22N2O3/c1-4-5-6-7-8-10-11(12(16)18-3)9(2)14-13(17)15-10/h10H,4-8H2,1-3H3,(H2,14,15,17)/t10-/m0/s1. The molecule has 0 aromatic heterocycles. The Kier molecular flexibility index (Phi) is 5.68. The Labute approximate surface area is 108 Å². The molecule has 1 rings (SSSR count). The molecule has 0 saturated heterocycles. The first kappa shape index (κ1) is 14.5. The van der Waals surface area contributed by atoms with Gasteiger partial charge in [-0.05, 0) is 13.3 Å². The highest BCUT2D eigenvalue weighted by Crippen LogP contribution is 2.19. The Balaban J connectivity index is 2.69. The lowest BCUT2D eigenvalue weighted by molar-refractivity contribution is -0.136. The summed E-state index contributed by atoms with van der Waals surface area (Å²) < 4.78 is 4.76. The molecule has 1 aliphatic rings. The van der Waals surface area contributed by atoms with E-state index in [1.54, 1.807) is 6.92 Å². The summed E-state index contributed by atoms with van der Waals surface area (Å²) in [6.07, 6.45) is 5.22. The normalized spacial score (nSPS) is 19.3. The number of carbonyl (C=O) groups excluding carboxylic acids is 2. The summed E-state index contributed by atoms with van der Waals surface area (Å²) in [6.45, 7) is 3.88. The smallest absolute Gasteiger partial charge is 0.337 e. The number of unbranched alkanes of at least 4 members (excludes halogenated alkanes) is 3. The van der Waals surface area contributed by atoms with Gasteiger partial charge in [0, 0.05) is 5.70 Å². The van der Waals surface area contributed by atoms with Crippen molar-refractivity contribution in [1.82, 2.24) is 10.6 Å². The number of hydrogen-bond donors (Lipinski definition) is 2. The van der Waals surface area contributed by atoms with Crippen molar-refractivity contribution in [2.45, 2.75) is 52.0 Å². The maximum atomic E-state index is 11.7. The Morgan fingerprint density at radius 3 is 2.67 bits per heavy atom. The summed E-state index contributed by atoms with van der Waals surface area (Å²) in [6, 6.07) is -0.483. The molecule has 1 aliphatic heterocycles. The summed E-state index contributed by atoms with van der Waals surface area (Å²) in [7, 11) is 1.35. The van der Waals surface area contributed by atoms with Crippen molar-refractivity contribution in [2.24, 2.45) is 0 Å². The molecule has 0 aliphatic carbocycles. The zero-order chi connectivity index (χ0) is 13.5. The van der Waals surface area contributed by atoms with Gasteiger partial charge >= 0.3 is 12.0 Å². The van der Waals surface area contributed by atoms with Crippen LogP contribution in [0.1, 0.15) is 46.0 Å². The van der Waals surface area contributed by atoms with Gasteiger partial charge in [-0.15, -0.1) is 0 Å². The van der Waals surface area contributed by atoms with E-state index in [9.17, 15) is 9.59 Å². The first-order valence-electron chi connectivity index (χ1n) is 6.46. The van der Waals surface area contributed by atoms with Crippen LogP contribution in [-0.2, 0) is 9.53 Å². The highest BCUT2D eigenvalue weighted by Gasteiger charge is 2.29. The molecule has 5 heteroatoms. The molecule has 2 N–H and O–H groups in total. The summed E-state index contributed by atoms with van der Waals surface area (Å²) in [5.41, 5.74) is 1.12. The van der Waals surface area contributed by atoms with Gasteiger partial charge < -0.3 is 15.4 Å². The molecule has 5 nitrogen and oxygen atoms in total. The van der Waals surface area contributed by atoms with Crippen molar-refractivity contribution in [1.29, 1.82) is 0 Å². The van der Waals surface area contributed by atoms with E-state index in [0.29, 0.717) is 11.3 Å². The number of nitrogens with one attached hydrogen (secondary N) is 2. The summed E-state index contributed by atoms with van der Waals surface area (Å²) >= 11 is 0. The number of ether oxygens (including phenoxy) is 1. The van der Waals surface area contributed by atoms with Crippen LogP contribution in [0.3, 0.4) is 0 Å². The van der Waals surface area contributed by atoms with Gasteiger partial charge in [0.2, 0.25) is 0 Å². The topological polar surface area (TPSA) is 67.4 Å². The quantitative estimate of drug-likeness (QED) is 0.563. The minimum Gasteiger partial charge on any atom is -0.466 e. The second-order valence-electron chi connectivity index (χ2n) is 4.53. The van der Waals surface area contributed by atoms with E-state index >= 15 is 0 Å². The molecule has 0 unspecified atom stereocenters. The van der Waals surface area contributed by atoms with Crippen molar-refractivity contribution in [3.8, 4) is 0 Å². The number of allylic oxidation sites excluding steroid dienone is 1. The van der Waals surface area contributed by atoms with Crippen LogP contribution in [0.15, 0.2) is 11.3 Å². The number of methoxy groups -OCH3 is 1. The van der Waals surface area contributed by atoms with Crippen LogP contribution in [0.2, 0.25) is 0 Å².